The molecule has 21 heavy (non-hydrogen) atoms. The van der Waals surface area contributed by atoms with Gasteiger partial charge in [0.15, 0.2) is 0 Å². The highest BCUT2D eigenvalue weighted by atomic mass is 16.6. The van der Waals surface area contributed by atoms with Gasteiger partial charge in [0.2, 0.25) is 0 Å². The Kier molecular flexibility index (Phi) is 6.65. The van der Waals surface area contributed by atoms with Gasteiger partial charge in [0.05, 0.1) is 4.92 Å². The molecule has 0 radical (unpaired) electrons. The third-order valence-electron chi connectivity index (χ3n) is 3.08. The fourth-order valence-corrected chi connectivity index (χ4v) is 2.19. The van der Waals surface area contributed by atoms with Gasteiger partial charge in [-0.1, -0.05) is 13.8 Å². The van der Waals surface area contributed by atoms with E-state index in [9.17, 15) is 14.9 Å². The van der Waals surface area contributed by atoms with E-state index in [0.717, 1.165) is 12.8 Å². The van der Waals surface area contributed by atoms with Gasteiger partial charge >= 0.3 is 0 Å². The molecular formula is C15H23N3O3. The van der Waals surface area contributed by atoms with E-state index in [2.05, 4.69) is 5.32 Å². The number of hydrogen-bond acceptors (Lipinski definition) is 4. The Balaban J connectivity index is 3.09. The van der Waals surface area contributed by atoms with Gasteiger partial charge in [0.25, 0.3) is 11.6 Å². The lowest BCUT2D eigenvalue weighted by Crippen LogP contribution is -2.32. The number of hydrogen-bond donors (Lipinski definition) is 1. The molecule has 0 atom stereocenters. The van der Waals surface area contributed by atoms with Crippen LogP contribution in [0.4, 0.5) is 11.4 Å². The highest BCUT2D eigenvalue weighted by molar-refractivity contribution is 5.95. The van der Waals surface area contributed by atoms with Crippen molar-refractivity contribution in [3.63, 3.8) is 0 Å². The van der Waals surface area contributed by atoms with Crippen LogP contribution in [0.25, 0.3) is 0 Å². The van der Waals surface area contributed by atoms with E-state index in [1.54, 1.807) is 17.0 Å². The smallest absolute Gasteiger partial charge is 0.293 e. The zero-order chi connectivity index (χ0) is 15.8. The summed E-state index contributed by atoms with van der Waals surface area (Å²) >= 11 is 0. The van der Waals surface area contributed by atoms with Gasteiger partial charge in [-0.2, -0.15) is 0 Å². The lowest BCUT2D eigenvalue weighted by molar-refractivity contribution is -0.384. The summed E-state index contributed by atoms with van der Waals surface area (Å²) in [6.07, 6.45) is 1.73. The van der Waals surface area contributed by atoms with Crippen molar-refractivity contribution in [2.75, 3.05) is 25.0 Å². The maximum Gasteiger partial charge on any atom is 0.293 e. The summed E-state index contributed by atoms with van der Waals surface area (Å²) in [5.74, 6) is -0.148. The van der Waals surface area contributed by atoms with Gasteiger partial charge in [0, 0.05) is 31.3 Å². The summed E-state index contributed by atoms with van der Waals surface area (Å²) in [6.45, 7) is 7.79. The van der Waals surface area contributed by atoms with Crippen molar-refractivity contribution >= 4 is 17.3 Å². The molecular weight excluding hydrogens is 270 g/mol. The van der Waals surface area contributed by atoms with Crippen LogP contribution in [-0.2, 0) is 0 Å². The third-order valence-corrected chi connectivity index (χ3v) is 3.08. The molecule has 6 heteroatoms. The Hall–Kier alpha value is -2.11. The van der Waals surface area contributed by atoms with Gasteiger partial charge in [-0.25, -0.2) is 0 Å². The number of nitrogens with zero attached hydrogens (tertiary/aromatic N) is 2. The Labute approximate surface area is 125 Å². The molecule has 1 aromatic carbocycles. The second-order valence-electron chi connectivity index (χ2n) is 4.81. The summed E-state index contributed by atoms with van der Waals surface area (Å²) in [7, 11) is 0. The largest absolute Gasteiger partial charge is 0.380 e. The molecule has 0 unspecified atom stereocenters. The molecule has 1 amide bonds. The predicted octanol–water partition coefficient (Wildman–Crippen LogP) is 3.29. The molecule has 1 N–H and O–H groups in total. The molecule has 0 heterocycles. The van der Waals surface area contributed by atoms with Gasteiger partial charge in [-0.15, -0.1) is 0 Å². The molecule has 0 aliphatic rings. The monoisotopic (exact) mass is 293 g/mol. The van der Waals surface area contributed by atoms with Gasteiger partial charge < -0.3 is 10.2 Å². The van der Waals surface area contributed by atoms with Crippen molar-refractivity contribution in [1.29, 1.82) is 0 Å². The fourth-order valence-electron chi connectivity index (χ4n) is 2.19. The standard InChI is InChI=1S/C15H23N3O3/c1-4-9-17(10-5-2)15(19)12-7-8-13(16-6-3)14(11-12)18(20)21/h7-8,11,16H,4-6,9-10H2,1-3H3. The third kappa shape index (κ3) is 4.44. The number of carbonyl (C=O) groups excluding carboxylic acids is 1. The molecule has 1 rings (SSSR count). The Morgan fingerprint density at radius 2 is 1.86 bits per heavy atom. The summed E-state index contributed by atoms with van der Waals surface area (Å²) in [6, 6.07) is 4.61. The lowest BCUT2D eigenvalue weighted by Gasteiger charge is -2.21. The van der Waals surface area contributed by atoms with E-state index < -0.39 is 4.92 Å². The number of nitrogens with one attached hydrogen (secondary N) is 1. The number of carbonyl (C=O) groups is 1. The fraction of sp³-hybridized carbons (Fsp3) is 0.533. The van der Waals surface area contributed by atoms with Crippen molar-refractivity contribution < 1.29 is 9.72 Å². The summed E-state index contributed by atoms with van der Waals surface area (Å²) in [5.41, 5.74) is 0.748. The average Bonchev–Trinajstić information content (AvgIpc) is 2.47. The Bertz CT molecular complexity index is 497. The van der Waals surface area contributed by atoms with Crippen LogP contribution in [-0.4, -0.2) is 35.4 Å². The number of rotatable bonds is 8. The van der Waals surface area contributed by atoms with Crippen LogP contribution >= 0.6 is 0 Å². The van der Waals surface area contributed by atoms with Crippen molar-refractivity contribution in [2.24, 2.45) is 0 Å². The van der Waals surface area contributed by atoms with E-state index in [-0.39, 0.29) is 11.6 Å². The van der Waals surface area contributed by atoms with E-state index in [4.69, 9.17) is 0 Å². The first-order chi connectivity index (χ1) is 10.0. The molecule has 0 saturated heterocycles. The summed E-state index contributed by atoms with van der Waals surface area (Å²) in [5, 5.41) is 14.1. The molecule has 1 aromatic rings. The number of amides is 1. The Morgan fingerprint density at radius 1 is 1.24 bits per heavy atom. The van der Waals surface area contributed by atoms with Gasteiger partial charge in [-0.3, -0.25) is 14.9 Å². The maximum absolute atomic E-state index is 12.5. The van der Waals surface area contributed by atoms with Crippen LogP contribution in [0.5, 0.6) is 0 Å². The first-order valence-corrected chi connectivity index (χ1v) is 7.36. The molecule has 0 aliphatic heterocycles. The minimum atomic E-state index is -0.460. The van der Waals surface area contributed by atoms with Crippen molar-refractivity contribution in [3.05, 3.63) is 33.9 Å². The molecule has 0 aromatic heterocycles. The van der Waals surface area contributed by atoms with Crippen LogP contribution in [0.15, 0.2) is 18.2 Å². The molecule has 6 nitrogen and oxygen atoms in total. The first kappa shape index (κ1) is 16.9. The minimum absolute atomic E-state index is 0.0596. The molecule has 0 spiro atoms. The number of nitro groups is 1. The highest BCUT2D eigenvalue weighted by Crippen LogP contribution is 2.26. The Morgan fingerprint density at radius 3 is 2.33 bits per heavy atom. The molecule has 0 fully saturated rings. The van der Waals surface area contributed by atoms with Crippen LogP contribution in [0.3, 0.4) is 0 Å². The van der Waals surface area contributed by atoms with Crippen LogP contribution in [0.1, 0.15) is 44.0 Å². The van der Waals surface area contributed by atoms with E-state index in [1.807, 2.05) is 20.8 Å². The zero-order valence-electron chi connectivity index (χ0n) is 12.9. The van der Waals surface area contributed by atoms with Gasteiger partial charge in [0.1, 0.15) is 5.69 Å². The van der Waals surface area contributed by atoms with Gasteiger partial charge in [-0.05, 0) is 31.9 Å². The molecule has 0 bridgehead atoms. The maximum atomic E-state index is 12.5. The van der Waals surface area contributed by atoms with Crippen molar-refractivity contribution in [1.82, 2.24) is 4.90 Å². The quantitative estimate of drug-likeness (QED) is 0.589. The minimum Gasteiger partial charge on any atom is -0.380 e. The van der Waals surface area contributed by atoms with Crippen LogP contribution in [0.2, 0.25) is 0 Å². The topological polar surface area (TPSA) is 75.5 Å². The average molecular weight is 293 g/mol. The van der Waals surface area contributed by atoms with Crippen molar-refractivity contribution in [2.45, 2.75) is 33.6 Å². The van der Waals surface area contributed by atoms with Crippen molar-refractivity contribution in [3.8, 4) is 0 Å². The predicted molar refractivity (Wildman–Crippen MR) is 83.7 cm³/mol. The summed E-state index contributed by atoms with van der Waals surface area (Å²) < 4.78 is 0. The van der Waals surface area contributed by atoms with Crippen LogP contribution in [0, 0.1) is 10.1 Å². The normalized spacial score (nSPS) is 10.2. The molecule has 0 aliphatic carbocycles. The SMILES string of the molecule is CCCN(CCC)C(=O)c1ccc(NCC)c([N+](=O)[O-])c1. The van der Waals surface area contributed by atoms with E-state index >= 15 is 0 Å². The van der Waals surface area contributed by atoms with Crippen LogP contribution < -0.4 is 5.32 Å². The number of benzene rings is 1. The second-order valence-corrected chi connectivity index (χ2v) is 4.81. The number of nitro benzene ring substituents is 1. The number of anilines is 1. The molecule has 116 valence electrons. The summed E-state index contributed by atoms with van der Waals surface area (Å²) in [4.78, 5) is 24.9. The van der Waals surface area contributed by atoms with E-state index in [1.165, 1.54) is 6.07 Å². The zero-order valence-corrected chi connectivity index (χ0v) is 12.9. The highest BCUT2D eigenvalue weighted by Gasteiger charge is 2.20. The second kappa shape index (κ2) is 8.24. The van der Waals surface area contributed by atoms with E-state index in [0.29, 0.717) is 30.9 Å². The lowest BCUT2D eigenvalue weighted by atomic mass is 10.1. The molecule has 0 saturated carbocycles. The first-order valence-electron chi connectivity index (χ1n) is 7.36.